The lowest BCUT2D eigenvalue weighted by molar-refractivity contribution is 0.124. The lowest BCUT2D eigenvalue weighted by Gasteiger charge is -2.14. The van der Waals surface area contributed by atoms with E-state index in [1.54, 1.807) is 0 Å². The van der Waals surface area contributed by atoms with E-state index in [1.807, 2.05) is 0 Å². The Morgan fingerprint density at radius 1 is 1.62 bits per heavy atom. The van der Waals surface area contributed by atoms with E-state index in [9.17, 15) is 9.90 Å². The summed E-state index contributed by atoms with van der Waals surface area (Å²) in [6, 6.07) is -0.120. The highest BCUT2D eigenvalue weighted by Crippen LogP contribution is 2.14. The molecule has 0 saturated carbocycles. The van der Waals surface area contributed by atoms with Crippen molar-refractivity contribution in [1.29, 1.82) is 0 Å². The molecule has 0 aromatic rings. The minimum Gasteiger partial charge on any atom is -0.388 e. The Morgan fingerprint density at radius 2 is 2.46 bits per heavy atom. The zero-order valence-electron chi connectivity index (χ0n) is 6.90. The largest absolute Gasteiger partial charge is 0.388 e. The number of carbonyl (C=O) groups excluding carboxylic acids is 1. The molecule has 5 nitrogen and oxygen atoms in total. The molecule has 0 bridgehead atoms. The predicted octanol–water partition coefficient (Wildman–Crippen LogP) is -0.399. The van der Waals surface area contributed by atoms with Gasteiger partial charge in [0.25, 0.3) is 0 Å². The lowest BCUT2D eigenvalue weighted by Crippen LogP contribution is -2.42. The van der Waals surface area contributed by atoms with E-state index in [1.165, 1.54) is 0 Å². The molecule has 0 radical (unpaired) electrons. The van der Waals surface area contributed by atoms with Gasteiger partial charge in [0.2, 0.25) is 0 Å². The number of hydrogen-bond acceptors (Lipinski definition) is 5. The molecule has 1 fully saturated rings. The first-order valence-electron chi connectivity index (χ1n) is 4.02. The van der Waals surface area contributed by atoms with E-state index >= 15 is 0 Å². The average Bonchev–Trinajstić information content (AvgIpc) is 2.64. The van der Waals surface area contributed by atoms with Gasteiger partial charge in [-0.25, -0.2) is 0 Å². The fourth-order valence-corrected chi connectivity index (χ4v) is 1.86. The van der Waals surface area contributed by atoms with Crippen LogP contribution in [-0.2, 0) is 4.74 Å². The molecule has 72 valence electrons. The van der Waals surface area contributed by atoms with Crippen LogP contribution in [0.5, 0.6) is 0 Å². The van der Waals surface area contributed by atoms with E-state index < -0.39 is 6.10 Å². The van der Waals surface area contributed by atoms with Gasteiger partial charge in [-0.15, -0.1) is 0 Å². The third kappa shape index (κ3) is 2.01. The van der Waals surface area contributed by atoms with Gasteiger partial charge in [-0.3, -0.25) is 4.79 Å². The molecule has 13 heavy (non-hydrogen) atoms. The number of amidine groups is 1. The fraction of sp³-hybridized carbons (Fsp3) is 0.714. The van der Waals surface area contributed by atoms with Crippen molar-refractivity contribution >= 4 is 22.8 Å². The Bertz CT molecular complexity index is 256. The highest BCUT2D eigenvalue weighted by atomic mass is 32.2. The molecule has 2 atom stereocenters. The molecule has 2 N–H and O–H groups in total. The second-order valence-electron chi connectivity index (χ2n) is 2.97. The number of rotatable bonds is 1. The molecule has 6 heteroatoms. The van der Waals surface area contributed by atoms with Crippen molar-refractivity contribution in [2.75, 3.05) is 19.0 Å². The van der Waals surface area contributed by atoms with Gasteiger partial charge in [0.1, 0.15) is 5.84 Å². The maximum atomic E-state index is 10.8. The first-order chi connectivity index (χ1) is 6.25. The van der Waals surface area contributed by atoms with Gasteiger partial charge in [-0.2, -0.15) is 4.99 Å². The number of amides is 1. The number of hydrogen-bond donors (Lipinski definition) is 2. The summed E-state index contributed by atoms with van der Waals surface area (Å²) in [4.78, 5) is 14.5. The first-order valence-corrected chi connectivity index (χ1v) is 5.01. The summed E-state index contributed by atoms with van der Waals surface area (Å²) >= 11 is 1.16. The number of carbonyl (C=O) groups is 1. The summed E-state index contributed by atoms with van der Waals surface area (Å²) in [6.45, 7) is 0.824. The maximum absolute atomic E-state index is 10.8. The van der Waals surface area contributed by atoms with Gasteiger partial charge in [0.15, 0.2) is 0 Å². The lowest BCUT2D eigenvalue weighted by atomic mass is 10.2. The van der Waals surface area contributed by atoms with Crippen LogP contribution in [0, 0.1) is 0 Å². The Kier molecular flexibility index (Phi) is 2.52. The minimum atomic E-state index is -0.497. The molecule has 2 heterocycles. The molecule has 1 saturated heterocycles. The van der Waals surface area contributed by atoms with Crippen LogP contribution >= 0.6 is 11.8 Å². The summed E-state index contributed by atoms with van der Waals surface area (Å²) in [7, 11) is 0. The Hall–Kier alpha value is -0.590. The number of thioether (sulfide) groups is 1. The zero-order valence-corrected chi connectivity index (χ0v) is 7.71. The maximum Gasteiger partial charge on any atom is 0.306 e. The monoisotopic (exact) mass is 202 g/mol. The Balaban J connectivity index is 1.90. The van der Waals surface area contributed by atoms with E-state index in [4.69, 9.17) is 4.74 Å². The summed E-state index contributed by atoms with van der Waals surface area (Å²) < 4.78 is 5.05. The summed E-state index contributed by atoms with van der Waals surface area (Å²) in [5.41, 5.74) is 0. The van der Waals surface area contributed by atoms with Gasteiger partial charge in [-0.1, -0.05) is 11.8 Å². The van der Waals surface area contributed by atoms with Gasteiger partial charge >= 0.3 is 5.24 Å². The summed E-state index contributed by atoms with van der Waals surface area (Å²) in [5, 5.41) is 12.2. The number of aliphatic imine (C=N–C) groups is 1. The fourth-order valence-electron chi connectivity index (χ4n) is 1.27. The second-order valence-corrected chi connectivity index (χ2v) is 3.90. The van der Waals surface area contributed by atoms with Gasteiger partial charge < -0.3 is 15.2 Å². The van der Waals surface area contributed by atoms with Gasteiger partial charge in [0.05, 0.1) is 31.1 Å². The van der Waals surface area contributed by atoms with Crippen molar-refractivity contribution < 1.29 is 14.6 Å². The van der Waals surface area contributed by atoms with Crippen LogP contribution < -0.4 is 5.32 Å². The summed E-state index contributed by atoms with van der Waals surface area (Å²) in [6.07, 6.45) is -0.497. The molecule has 2 aliphatic rings. The van der Waals surface area contributed by atoms with E-state index in [2.05, 4.69) is 10.3 Å². The average molecular weight is 202 g/mol. The third-order valence-electron chi connectivity index (χ3n) is 1.96. The number of aliphatic hydroxyl groups is 1. The van der Waals surface area contributed by atoms with Gasteiger partial charge in [0, 0.05) is 0 Å². The third-order valence-corrected chi connectivity index (χ3v) is 2.72. The molecule has 0 unspecified atom stereocenters. The van der Waals surface area contributed by atoms with Crippen LogP contribution in [0.2, 0.25) is 0 Å². The van der Waals surface area contributed by atoms with Crippen LogP contribution in [0.4, 0.5) is 4.79 Å². The van der Waals surface area contributed by atoms with Crippen LogP contribution in [0.1, 0.15) is 0 Å². The predicted molar refractivity (Wildman–Crippen MR) is 49.0 cm³/mol. The molecule has 1 amide bonds. The number of nitrogens with zero attached hydrogens (tertiary/aromatic N) is 1. The van der Waals surface area contributed by atoms with Crippen LogP contribution in [0.3, 0.4) is 0 Å². The topological polar surface area (TPSA) is 70.9 Å². The standard InChI is InChI=1S/C7H10N2O3S/c10-5-2-12-1-4(5)8-6-3-13-7(11)9-6/h4-5,10H,1-3H2,(H,8,9,11)/t4-,5-/m1/s1. The molecule has 0 aromatic carbocycles. The van der Waals surface area contributed by atoms with Crippen molar-refractivity contribution in [3.8, 4) is 0 Å². The smallest absolute Gasteiger partial charge is 0.306 e. The highest BCUT2D eigenvalue weighted by molar-refractivity contribution is 8.14. The molecule has 0 spiro atoms. The number of aliphatic hydroxyl groups excluding tert-OH is 1. The number of ether oxygens (including phenoxy) is 1. The molecule has 2 aliphatic heterocycles. The van der Waals surface area contributed by atoms with Crippen LogP contribution in [-0.4, -0.2) is 47.3 Å². The normalized spacial score (nSPS) is 33.6. The first kappa shape index (κ1) is 8.98. The molecule has 0 aliphatic carbocycles. The van der Waals surface area contributed by atoms with Crippen molar-refractivity contribution in [2.45, 2.75) is 12.1 Å². The van der Waals surface area contributed by atoms with Crippen molar-refractivity contribution in [2.24, 2.45) is 4.99 Å². The molecular formula is C7H10N2O3S. The zero-order chi connectivity index (χ0) is 9.26. The molecule has 0 aromatic heterocycles. The van der Waals surface area contributed by atoms with Crippen LogP contribution in [0.15, 0.2) is 4.99 Å². The molecule has 2 rings (SSSR count). The highest BCUT2D eigenvalue weighted by Gasteiger charge is 2.28. The quantitative estimate of drug-likeness (QED) is 0.605. The Labute approximate surface area is 79.6 Å². The van der Waals surface area contributed by atoms with Crippen molar-refractivity contribution in [3.05, 3.63) is 0 Å². The Morgan fingerprint density at radius 3 is 3.00 bits per heavy atom. The SMILES string of the molecule is O=C1N=C(N[C@@H]2COC[C@H]2O)CS1. The van der Waals surface area contributed by atoms with E-state index in [0.717, 1.165) is 11.8 Å². The molecular weight excluding hydrogens is 192 g/mol. The van der Waals surface area contributed by atoms with Gasteiger partial charge in [-0.05, 0) is 0 Å². The van der Waals surface area contributed by atoms with Crippen molar-refractivity contribution in [1.82, 2.24) is 5.32 Å². The van der Waals surface area contributed by atoms with E-state index in [-0.39, 0.29) is 11.3 Å². The van der Waals surface area contributed by atoms with Crippen LogP contribution in [0.25, 0.3) is 0 Å². The van der Waals surface area contributed by atoms with Crippen molar-refractivity contribution in [3.63, 3.8) is 0 Å². The summed E-state index contributed by atoms with van der Waals surface area (Å²) in [5.74, 6) is 1.21. The second kappa shape index (κ2) is 3.65. The number of nitrogens with one attached hydrogen (secondary N) is 1. The van der Waals surface area contributed by atoms with E-state index in [0.29, 0.717) is 24.8 Å². The minimum absolute atomic E-state index is 0.120.